The summed E-state index contributed by atoms with van der Waals surface area (Å²) in [4.78, 5) is 5.65. The van der Waals surface area contributed by atoms with Crippen molar-refractivity contribution in [1.29, 1.82) is 0 Å². The lowest BCUT2D eigenvalue weighted by atomic mass is 9.92. The van der Waals surface area contributed by atoms with E-state index >= 15 is 0 Å². The van der Waals surface area contributed by atoms with Gasteiger partial charge in [0.05, 0.1) is 11.7 Å². The highest BCUT2D eigenvalue weighted by Gasteiger charge is 2.31. The monoisotopic (exact) mass is 335 g/mol. The summed E-state index contributed by atoms with van der Waals surface area (Å²) in [6.45, 7) is 0.495. The van der Waals surface area contributed by atoms with E-state index in [9.17, 15) is 0 Å². The van der Waals surface area contributed by atoms with Crippen LogP contribution in [0.4, 0.5) is 11.4 Å². The number of aromatic amines is 1. The number of nitrogens with one attached hydrogen (secondary N) is 1. The number of nitrogens with two attached hydrogens (primary N) is 1. The smallest absolute Gasteiger partial charge is 0.0968 e. The fraction of sp³-hybridized carbons (Fsp3) is 0.100. The van der Waals surface area contributed by atoms with Crippen molar-refractivity contribution in [2.45, 2.75) is 6.04 Å². The van der Waals surface area contributed by atoms with Crippen molar-refractivity contribution < 1.29 is 0 Å². The predicted molar refractivity (Wildman–Crippen MR) is 101 cm³/mol. The average molecular weight is 336 g/mol. The van der Waals surface area contributed by atoms with Crippen molar-refractivity contribution in [1.82, 2.24) is 4.98 Å². The van der Waals surface area contributed by atoms with Crippen molar-refractivity contribution in [2.75, 3.05) is 11.4 Å². The fourth-order valence-electron chi connectivity index (χ4n) is 3.33. The first-order valence-corrected chi connectivity index (χ1v) is 8.33. The lowest BCUT2D eigenvalue weighted by Crippen LogP contribution is -2.31. The molecule has 3 nitrogen and oxygen atoms in total. The van der Waals surface area contributed by atoms with Gasteiger partial charge in [-0.05, 0) is 53.6 Å². The second-order valence-corrected chi connectivity index (χ2v) is 6.30. The molecule has 3 aromatic rings. The molecule has 0 amide bonds. The molecular formula is C20H18ClN3. The third kappa shape index (κ3) is 2.52. The zero-order valence-electron chi connectivity index (χ0n) is 13.1. The topological polar surface area (TPSA) is 45.0 Å². The Morgan fingerprint density at radius 1 is 1.04 bits per heavy atom. The molecule has 1 unspecified atom stereocenters. The van der Waals surface area contributed by atoms with Crippen molar-refractivity contribution in [3.8, 4) is 0 Å². The molecule has 4 heteroatoms. The highest BCUT2D eigenvalue weighted by molar-refractivity contribution is 6.31. The van der Waals surface area contributed by atoms with Gasteiger partial charge in [0.15, 0.2) is 0 Å². The molecule has 4 rings (SSSR count). The van der Waals surface area contributed by atoms with Gasteiger partial charge in [-0.1, -0.05) is 35.9 Å². The van der Waals surface area contributed by atoms with Crippen LogP contribution in [0.5, 0.6) is 0 Å². The maximum Gasteiger partial charge on any atom is 0.0968 e. The Balaban J connectivity index is 1.97. The molecule has 120 valence electrons. The molecule has 3 N–H and O–H groups in total. The highest BCUT2D eigenvalue weighted by Crippen LogP contribution is 2.45. The van der Waals surface area contributed by atoms with Crippen LogP contribution in [0.1, 0.15) is 17.3 Å². The van der Waals surface area contributed by atoms with Crippen LogP contribution < -0.4 is 10.6 Å². The first-order chi connectivity index (χ1) is 11.8. The Morgan fingerprint density at radius 3 is 2.58 bits per heavy atom. The molecule has 2 heterocycles. The van der Waals surface area contributed by atoms with Gasteiger partial charge in [0, 0.05) is 29.1 Å². The van der Waals surface area contributed by atoms with E-state index in [4.69, 9.17) is 17.3 Å². The quantitative estimate of drug-likeness (QED) is 0.714. The van der Waals surface area contributed by atoms with Gasteiger partial charge in [0.2, 0.25) is 0 Å². The number of benzene rings is 2. The number of H-pyrrole nitrogens is 1. The Kier molecular flexibility index (Phi) is 3.89. The molecule has 24 heavy (non-hydrogen) atoms. The van der Waals surface area contributed by atoms with Crippen molar-refractivity contribution in [3.05, 3.63) is 88.7 Å². The summed E-state index contributed by atoms with van der Waals surface area (Å²) in [7, 11) is 0. The average Bonchev–Trinajstić information content (AvgIpc) is 3.15. The summed E-state index contributed by atoms with van der Waals surface area (Å²) in [6.07, 6.45) is 4.12. The van der Waals surface area contributed by atoms with Gasteiger partial charge in [-0.2, -0.15) is 0 Å². The van der Waals surface area contributed by atoms with Gasteiger partial charge in [0.1, 0.15) is 0 Å². The molecule has 0 fully saturated rings. The van der Waals surface area contributed by atoms with E-state index in [1.54, 1.807) is 0 Å². The first kappa shape index (κ1) is 15.1. The van der Waals surface area contributed by atoms with E-state index in [0.717, 1.165) is 33.2 Å². The number of rotatable bonds is 3. The normalized spacial score (nSPS) is 16.7. The number of nitrogens with zero attached hydrogens (tertiary/aromatic N) is 1. The summed E-state index contributed by atoms with van der Waals surface area (Å²) in [5.41, 5.74) is 11.7. The molecule has 0 spiro atoms. The molecule has 1 atom stereocenters. The van der Waals surface area contributed by atoms with Crippen LogP contribution >= 0.6 is 11.6 Å². The summed E-state index contributed by atoms with van der Waals surface area (Å²) < 4.78 is 0. The van der Waals surface area contributed by atoms with Gasteiger partial charge < -0.3 is 15.6 Å². The van der Waals surface area contributed by atoms with Crippen LogP contribution in [-0.4, -0.2) is 11.5 Å². The molecule has 0 bridgehead atoms. The molecule has 1 aliphatic rings. The van der Waals surface area contributed by atoms with Crippen LogP contribution in [-0.2, 0) is 0 Å². The van der Waals surface area contributed by atoms with Crippen molar-refractivity contribution in [2.24, 2.45) is 5.73 Å². The van der Waals surface area contributed by atoms with Crippen LogP contribution in [0.2, 0.25) is 5.02 Å². The molecule has 2 aromatic carbocycles. The van der Waals surface area contributed by atoms with Gasteiger partial charge in [-0.15, -0.1) is 0 Å². The number of fused-ring (bicyclic) bond motifs is 1. The maximum absolute atomic E-state index is 6.29. The molecule has 1 aromatic heterocycles. The fourth-order valence-corrected chi connectivity index (χ4v) is 3.50. The summed E-state index contributed by atoms with van der Waals surface area (Å²) in [5, 5.41) is 0.726. The summed E-state index contributed by atoms with van der Waals surface area (Å²) in [6, 6.07) is 20.5. The SMILES string of the molecule is NCC1=Cc2ccc(Cl)cc2N(c2ccccc2)C1c1ccc[nH]1. The summed E-state index contributed by atoms with van der Waals surface area (Å²) in [5.74, 6) is 0. The third-order valence-corrected chi connectivity index (χ3v) is 4.62. The number of para-hydroxylation sites is 1. The second kappa shape index (κ2) is 6.19. The number of aromatic nitrogens is 1. The zero-order chi connectivity index (χ0) is 16.5. The maximum atomic E-state index is 6.29. The van der Waals surface area contributed by atoms with Crippen LogP contribution in [0.3, 0.4) is 0 Å². The second-order valence-electron chi connectivity index (χ2n) is 5.86. The Hall–Kier alpha value is -2.49. The minimum absolute atomic E-state index is 0.0263. The van der Waals surface area contributed by atoms with E-state index < -0.39 is 0 Å². The Labute approximate surface area is 146 Å². The Morgan fingerprint density at radius 2 is 1.88 bits per heavy atom. The van der Waals surface area contributed by atoms with Gasteiger partial charge in [0.25, 0.3) is 0 Å². The van der Waals surface area contributed by atoms with Crippen molar-refractivity contribution >= 4 is 29.1 Å². The number of hydrogen-bond acceptors (Lipinski definition) is 2. The largest absolute Gasteiger partial charge is 0.363 e. The third-order valence-electron chi connectivity index (χ3n) is 4.39. The standard InChI is InChI=1S/C20H18ClN3/c21-16-9-8-14-11-15(13-22)20(18-7-4-10-23-18)24(19(14)12-16)17-5-2-1-3-6-17/h1-12,20,23H,13,22H2. The molecule has 0 aliphatic carbocycles. The van der Waals surface area contributed by atoms with Crippen LogP contribution in [0, 0.1) is 0 Å². The number of halogens is 1. The zero-order valence-corrected chi connectivity index (χ0v) is 13.9. The van der Waals surface area contributed by atoms with E-state index in [-0.39, 0.29) is 6.04 Å². The lowest BCUT2D eigenvalue weighted by molar-refractivity contribution is 0.754. The van der Waals surface area contributed by atoms with E-state index in [2.05, 4.69) is 34.2 Å². The van der Waals surface area contributed by atoms with Crippen molar-refractivity contribution in [3.63, 3.8) is 0 Å². The first-order valence-electron chi connectivity index (χ1n) is 7.95. The molecular weight excluding hydrogens is 318 g/mol. The molecule has 0 saturated heterocycles. The van der Waals surface area contributed by atoms with E-state index in [1.807, 2.05) is 48.7 Å². The minimum atomic E-state index is 0.0263. The predicted octanol–water partition coefficient (Wildman–Crippen LogP) is 4.90. The van der Waals surface area contributed by atoms with Gasteiger partial charge in [-0.3, -0.25) is 0 Å². The molecule has 0 saturated carbocycles. The lowest BCUT2D eigenvalue weighted by Gasteiger charge is -2.39. The van der Waals surface area contributed by atoms with Crippen LogP contribution in [0.15, 0.2) is 72.4 Å². The Bertz CT molecular complexity index is 869. The van der Waals surface area contributed by atoms with Gasteiger partial charge >= 0.3 is 0 Å². The number of hydrogen-bond donors (Lipinski definition) is 2. The minimum Gasteiger partial charge on any atom is -0.363 e. The van der Waals surface area contributed by atoms with Crippen LogP contribution in [0.25, 0.3) is 6.08 Å². The number of anilines is 2. The van der Waals surface area contributed by atoms with Gasteiger partial charge in [-0.25, -0.2) is 0 Å². The highest BCUT2D eigenvalue weighted by atomic mass is 35.5. The van der Waals surface area contributed by atoms with E-state index in [1.165, 1.54) is 0 Å². The summed E-state index contributed by atoms with van der Waals surface area (Å²) >= 11 is 6.29. The molecule has 0 radical (unpaired) electrons. The van der Waals surface area contributed by atoms with E-state index in [0.29, 0.717) is 6.54 Å². The molecule has 1 aliphatic heterocycles.